The van der Waals surface area contributed by atoms with Gasteiger partial charge in [0.05, 0.1) is 7.11 Å². The zero-order chi connectivity index (χ0) is 7.98. The smallest absolute Gasteiger partial charge is 0.325 e. The Labute approximate surface area is 65.7 Å². The Morgan fingerprint density at radius 2 is 2.40 bits per heavy atom. The van der Waals surface area contributed by atoms with Crippen molar-refractivity contribution in [2.24, 2.45) is 0 Å². The molecule has 60 valence electrons. The summed E-state index contributed by atoms with van der Waals surface area (Å²) in [6.45, 7) is 3.21. The molecule has 3 nitrogen and oxygen atoms in total. The number of carbonyl (C=O) groups is 1. The molecule has 0 saturated carbocycles. The van der Waals surface area contributed by atoms with Gasteiger partial charge in [-0.15, -0.1) is 11.6 Å². The summed E-state index contributed by atoms with van der Waals surface area (Å²) in [6.07, 6.45) is 0. The zero-order valence-electron chi connectivity index (χ0n) is 6.19. The molecule has 0 aromatic heterocycles. The van der Waals surface area contributed by atoms with Crippen LogP contribution >= 0.6 is 11.6 Å². The number of esters is 1. The van der Waals surface area contributed by atoms with Crippen LogP contribution in [0.15, 0.2) is 0 Å². The Balaban J connectivity index is 3.41. The van der Waals surface area contributed by atoms with Crippen LogP contribution in [0, 0.1) is 0 Å². The number of ether oxygens (including phenoxy) is 1. The van der Waals surface area contributed by atoms with E-state index >= 15 is 0 Å². The number of halogens is 1. The highest BCUT2D eigenvalue weighted by atomic mass is 35.5. The minimum absolute atomic E-state index is 0.386. The first-order valence-corrected chi connectivity index (χ1v) is 3.58. The molecule has 0 heterocycles. The third kappa shape index (κ3) is 3.69. The fourth-order valence-corrected chi connectivity index (χ4v) is 0.680. The van der Waals surface area contributed by atoms with Gasteiger partial charge in [0.2, 0.25) is 0 Å². The van der Waals surface area contributed by atoms with E-state index in [4.69, 9.17) is 11.6 Å². The Morgan fingerprint density at radius 1 is 1.80 bits per heavy atom. The highest BCUT2D eigenvalue weighted by Crippen LogP contribution is 1.95. The maximum atomic E-state index is 10.6. The molecule has 0 saturated heterocycles. The topological polar surface area (TPSA) is 38.3 Å². The zero-order valence-corrected chi connectivity index (χ0v) is 6.94. The summed E-state index contributed by atoms with van der Waals surface area (Å²) >= 11 is 5.57. The van der Waals surface area contributed by atoms with Crippen molar-refractivity contribution in [2.45, 2.75) is 12.3 Å². The fraction of sp³-hybridized carbons (Fsp3) is 0.833. The molecule has 0 radical (unpaired) electrons. The molecule has 0 aliphatic carbocycles. The van der Waals surface area contributed by atoms with E-state index in [1.807, 2.05) is 6.92 Å². The maximum Gasteiger partial charge on any atom is 0.325 e. The third-order valence-corrected chi connectivity index (χ3v) is 1.36. The first-order chi connectivity index (χ1) is 4.72. The van der Waals surface area contributed by atoms with Crippen molar-refractivity contribution >= 4 is 17.6 Å². The van der Waals surface area contributed by atoms with Crippen LogP contribution in [0.4, 0.5) is 0 Å². The predicted octanol–water partition coefficient (Wildman–Crippen LogP) is 0.376. The second-order valence-corrected chi connectivity index (χ2v) is 2.33. The van der Waals surface area contributed by atoms with Gasteiger partial charge in [0.1, 0.15) is 5.38 Å². The highest BCUT2D eigenvalue weighted by molar-refractivity contribution is 6.30. The van der Waals surface area contributed by atoms with E-state index in [1.54, 1.807) is 0 Å². The molecular formula is C6H12ClNO2. The van der Waals surface area contributed by atoms with Gasteiger partial charge in [0.15, 0.2) is 0 Å². The number of alkyl halides is 1. The van der Waals surface area contributed by atoms with Crippen molar-refractivity contribution in [3.05, 3.63) is 0 Å². The summed E-state index contributed by atoms with van der Waals surface area (Å²) in [4.78, 5) is 10.6. The monoisotopic (exact) mass is 165 g/mol. The van der Waals surface area contributed by atoms with Crippen molar-refractivity contribution in [2.75, 3.05) is 20.2 Å². The van der Waals surface area contributed by atoms with Gasteiger partial charge >= 0.3 is 5.97 Å². The van der Waals surface area contributed by atoms with Crippen LogP contribution < -0.4 is 5.32 Å². The molecule has 0 fully saturated rings. The first-order valence-electron chi connectivity index (χ1n) is 3.15. The van der Waals surface area contributed by atoms with E-state index < -0.39 is 5.38 Å². The Hall–Kier alpha value is -0.280. The van der Waals surface area contributed by atoms with E-state index in [0.717, 1.165) is 6.54 Å². The van der Waals surface area contributed by atoms with Gasteiger partial charge in [-0.25, -0.2) is 0 Å². The molecule has 0 bridgehead atoms. The lowest BCUT2D eigenvalue weighted by atomic mass is 10.4. The lowest BCUT2D eigenvalue weighted by molar-refractivity contribution is -0.140. The first kappa shape index (κ1) is 9.72. The van der Waals surface area contributed by atoms with Gasteiger partial charge in [-0.05, 0) is 6.54 Å². The second kappa shape index (κ2) is 5.50. The van der Waals surface area contributed by atoms with Crippen molar-refractivity contribution in [3.8, 4) is 0 Å². The second-order valence-electron chi connectivity index (χ2n) is 1.80. The number of nitrogens with one attached hydrogen (secondary N) is 1. The van der Waals surface area contributed by atoms with Gasteiger partial charge in [-0.1, -0.05) is 6.92 Å². The molecule has 0 rings (SSSR count). The van der Waals surface area contributed by atoms with E-state index in [2.05, 4.69) is 10.1 Å². The third-order valence-electron chi connectivity index (χ3n) is 1.03. The van der Waals surface area contributed by atoms with E-state index in [0.29, 0.717) is 6.54 Å². The average molecular weight is 166 g/mol. The summed E-state index contributed by atoms with van der Waals surface area (Å²) in [5, 5.41) is 2.37. The van der Waals surface area contributed by atoms with Crippen LogP contribution in [0.2, 0.25) is 0 Å². The molecule has 1 N–H and O–H groups in total. The molecule has 10 heavy (non-hydrogen) atoms. The molecule has 0 spiro atoms. The van der Waals surface area contributed by atoms with Crippen LogP contribution in [0.25, 0.3) is 0 Å². The van der Waals surface area contributed by atoms with Crippen molar-refractivity contribution in [1.29, 1.82) is 0 Å². The molecular weight excluding hydrogens is 154 g/mol. The molecule has 1 unspecified atom stereocenters. The van der Waals surface area contributed by atoms with Gasteiger partial charge < -0.3 is 10.1 Å². The lowest BCUT2D eigenvalue weighted by Crippen LogP contribution is -2.29. The standard InChI is InChI=1S/C6H12ClNO2/c1-3-8-4-5(7)6(9)10-2/h5,8H,3-4H2,1-2H3. The Bertz CT molecular complexity index is 108. The van der Waals surface area contributed by atoms with Crippen LogP contribution in [0.3, 0.4) is 0 Å². The highest BCUT2D eigenvalue weighted by Gasteiger charge is 2.13. The SMILES string of the molecule is CCNCC(Cl)C(=O)OC. The van der Waals surface area contributed by atoms with Gasteiger partial charge in [0.25, 0.3) is 0 Å². The Kier molecular flexibility index (Phi) is 5.35. The van der Waals surface area contributed by atoms with Crippen molar-refractivity contribution in [3.63, 3.8) is 0 Å². The van der Waals surface area contributed by atoms with Crippen LogP contribution in [0.5, 0.6) is 0 Å². The molecule has 0 aliphatic rings. The van der Waals surface area contributed by atoms with Crippen LogP contribution in [-0.4, -0.2) is 31.5 Å². The summed E-state index contributed by atoms with van der Waals surface area (Å²) in [5.41, 5.74) is 0. The van der Waals surface area contributed by atoms with Gasteiger partial charge in [-0.2, -0.15) is 0 Å². The molecule has 0 aromatic carbocycles. The van der Waals surface area contributed by atoms with E-state index in [9.17, 15) is 4.79 Å². The molecule has 0 aliphatic heterocycles. The number of rotatable bonds is 4. The number of methoxy groups -OCH3 is 1. The Morgan fingerprint density at radius 3 is 2.80 bits per heavy atom. The number of carbonyl (C=O) groups excluding carboxylic acids is 1. The largest absolute Gasteiger partial charge is 0.468 e. The van der Waals surface area contributed by atoms with Crippen molar-refractivity contribution < 1.29 is 9.53 Å². The molecule has 1 atom stereocenters. The molecule has 0 aromatic rings. The normalized spacial score (nSPS) is 12.7. The van der Waals surface area contributed by atoms with Gasteiger partial charge in [0, 0.05) is 6.54 Å². The summed E-state index contributed by atoms with van der Waals surface area (Å²) in [6, 6.07) is 0. The number of hydrogen-bond acceptors (Lipinski definition) is 3. The minimum Gasteiger partial charge on any atom is -0.468 e. The summed E-state index contributed by atoms with van der Waals surface area (Å²) in [7, 11) is 1.32. The van der Waals surface area contributed by atoms with Crippen molar-refractivity contribution in [1.82, 2.24) is 5.32 Å². The lowest BCUT2D eigenvalue weighted by Gasteiger charge is -2.05. The van der Waals surface area contributed by atoms with Gasteiger partial charge in [-0.3, -0.25) is 4.79 Å². The average Bonchev–Trinajstić information content (AvgIpc) is 1.98. The summed E-state index contributed by atoms with van der Waals surface area (Å²) in [5.74, 6) is -0.386. The van der Waals surface area contributed by atoms with Crippen LogP contribution in [-0.2, 0) is 9.53 Å². The van der Waals surface area contributed by atoms with E-state index in [-0.39, 0.29) is 5.97 Å². The van der Waals surface area contributed by atoms with E-state index in [1.165, 1.54) is 7.11 Å². The fourth-order valence-electron chi connectivity index (χ4n) is 0.482. The minimum atomic E-state index is -0.565. The predicted molar refractivity (Wildman–Crippen MR) is 40.2 cm³/mol. The maximum absolute atomic E-state index is 10.6. The number of hydrogen-bond donors (Lipinski definition) is 1. The van der Waals surface area contributed by atoms with Crippen LogP contribution in [0.1, 0.15) is 6.92 Å². The summed E-state index contributed by atoms with van der Waals surface area (Å²) < 4.78 is 4.40. The molecule has 0 amide bonds. The quantitative estimate of drug-likeness (QED) is 0.484. The molecule has 4 heteroatoms.